The second-order valence-corrected chi connectivity index (χ2v) is 16.0. The Bertz CT molecular complexity index is 3070. The van der Waals surface area contributed by atoms with Crippen molar-refractivity contribution in [2.24, 2.45) is 0 Å². The zero-order valence-corrected chi connectivity index (χ0v) is 30.8. The van der Waals surface area contributed by atoms with Gasteiger partial charge in [0, 0.05) is 22.2 Å². The van der Waals surface area contributed by atoms with Gasteiger partial charge in [0.25, 0.3) is 0 Å². The summed E-state index contributed by atoms with van der Waals surface area (Å²) in [6.07, 6.45) is 0. The third-order valence-electron chi connectivity index (χ3n) is 13.1. The number of rotatable bonds is 3. The fourth-order valence-corrected chi connectivity index (χ4v) is 10.8. The molecule has 1 spiro atoms. The predicted octanol–water partition coefficient (Wildman–Crippen LogP) is 14.1. The van der Waals surface area contributed by atoms with Crippen molar-refractivity contribution in [3.8, 4) is 33.4 Å². The number of benzene rings is 9. The number of anilines is 3. The Labute approximate surface area is 321 Å². The minimum Gasteiger partial charge on any atom is -0.310 e. The molecule has 0 heterocycles. The van der Waals surface area contributed by atoms with Crippen molar-refractivity contribution in [3.05, 3.63) is 221 Å². The summed E-state index contributed by atoms with van der Waals surface area (Å²) in [5.41, 5.74) is 18.9. The number of hydrogen-bond donors (Lipinski definition) is 0. The van der Waals surface area contributed by atoms with Crippen LogP contribution in [0.5, 0.6) is 0 Å². The van der Waals surface area contributed by atoms with Crippen molar-refractivity contribution in [3.63, 3.8) is 0 Å². The Morgan fingerprint density at radius 3 is 1.58 bits per heavy atom. The van der Waals surface area contributed by atoms with Crippen molar-refractivity contribution >= 4 is 38.6 Å². The number of nitrogens with zero attached hydrogens (tertiary/aromatic N) is 1. The Morgan fingerprint density at radius 1 is 0.345 bits per heavy atom. The molecule has 1 nitrogen and oxygen atoms in total. The molecule has 0 N–H and O–H groups in total. The van der Waals surface area contributed by atoms with Crippen molar-refractivity contribution in [1.29, 1.82) is 0 Å². The molecule has 0 amide bonds. The average molecular weight is 700 g/mol. The van der Waals surface area contributed by atoms with E-state index in [9.17, 15) is 0 Å². The van der Waals surface area contributed by atoms with Crippen LogP contribution in [0.15, 0.2) is 188 Å². The maximum atomic E-state index is 2.49. The molecule has 1 unspecified atom stereocenters. The molecule has 0 bridgehead atoms. The van der Waals surface area contributed by atoms with Gasteiger partial charge in [0.05, 0.1) is 11.1 Å². The SMILES string of the molecule is CC1(C)c2ccccc2-c2ccc(N(c3ccccc3)c3ccc4c5c(cccc35)C3(c5ccccc5-c5cccc6cccc3c56)c3ccccc3-4)cc21. The Hall–Kier alpha value is -6.70. The van der Waals surface area contributed by atoms with Gasteiger partial charge < -0.3 is 4.90 Å². The van der Waals surface area contributed by atoms with Crippen LogP contribution in [0.2, 0.25) is 0 Å². The minimum absolute atomic E-state index is 0.105. The fraction of sp³-hybridized carbons (Fsp3) is 0.0741. The highest BCUT2D eigenvalue weighted by Crippen LogP contribution is 2.62. The van der Waals surface area contributed by atoms with Crippen molar-refractivity contribution in [2.45, 2.75) is 24.7 Å². The van der Waals surface area contributed by atoms with Crippen LogP contribution in [0.3, 0.4) is 0 Å². The average Bonchev–Trinajstić information content (AvgIpc) is 3.47. The summed E-state index contributed by atoms with van der Waals surface area (Å²) in [7, 11) is 0. The van der Waals surface area contributed by atoms with Crippen molar-refractivity contribution < 1.29 is 0 Å². The summed E-state index contributed by atoms with van der Waals surface area (Å²) in [4.78, 5) is 2.49. The lowest BCUT2D eigenvalue weighted by atomic mass is 9.55. The van der Waals surface area contributed by atoms with Crippen LogP contribution in [-0.4, -0.2) is 0 Å². The molecule has 0 saturated carbocycles. The molecule has 55 heavy (non-hydrogen) atoms. The highest BCUT2D eigenvalue weighted by Gasteiger charge is 2.48. The highest BCUT2D eigenvalue weighted by molar-refractivity contribution is 6.14. The maximum absolute atomic E-state index is 2.49. The van der Waals surface area contributed by atoms with Crippen LogP contribution in [0.4, 0.5) is 17.1 Å². The molecule has 0 aromatic heterocycles. The van der Waals surface area contributed by atoms with Crippen molar-refractivity contribution in [2.75, 3.05) is 4.90 Å². The number of hydrogen-bond acceptors (Lipinski definition) is 1. The second kappa shape index (κ2) is 10.9. The second-order valence-electron chi connectivity index (χ2n) is 16.0. The molecule has 1 heteroatoms. The monoisotopic (exact) mass is 699 g/mol. The molecular weight excluding hydrogens is 663 g/mol. The van der Waals surface area contributed by atoms with E-state index >= 15 is 0 Å². The summed E-state index contributed by atoms with van der Waals surface area (Å²) in [6, 6.07) is 70.8. The summed E-state index contributed by atoms with van der Waals surface area (Å²) in [6.45, 7) is 4.74. The Balaban J connectivity index is 1.18. The van der Waals surface area contributed by atoms with E-state index in [1.807, 2.05) is 0 Å². The molecular formula is C54H37N. The van der Waals surface area contributed by atoms with Crippen LogP contribution < -0.4 is 4.90 Å². The van der Waals surface area contributed by atoms with E-state index in [0.29, 0.717) is 0 Å². The van der Waals surface area contributed by atoms with E-state index in [0.717, 1.165) is 5.69 Å². The van der Waals surface area contributed by atoms with E-state index in [1.165, 1.54) is 99.7 Å². The van der Waals surface area contributed by atoms with Gasteiger partial charge in [-0.3, -0.25) is 0 Å². The van der Waals surface area contributed by atoms with Gasteiger partial charge in [-0.05, 0) is 113 Å². The van der Waals surface area contributed by atoms with E-state index in [1.54, 1.807) is 0 Å². The molecule has 1 atom stereocenters. The lowest BCUT2D eigenvalue weighted by molar-refractivity contribution is 0.660. The zero-order chi connectivity index (χ0) is 36.5. The first-order valence-corrected chi connectivity index (χ1v) is 19.4. The quantitative estimate of drug-likeness (QED) is 0.177. The highest BCUT2D eigenvalue weighted by atomic mass is 15.1. The maximum Gasteiger partial charge on any atom is 0.0725 e. The van der Waals surface area contributed by atoms with Gasteiger partial charge in [-0.2, -0.15) is 0 Å². The normalized spacial score (nSPS) is 16.4. The number of para-hydroxylation sites is 1. The smallest absolute Gasteiger partial charge is 0.0725 e. The first-order valence-electron chi connectivity index (χ1n) is 19.4. The molecule has 9 aromatic rings. The molecule has 3 aliphatic carbocycles. The van der Waals surface area contributed by atoms with Gasteiger partial charge >= 0.3 is 0 Å². The van der Waals surface area contributed by atoms with Gasteiger partial charge in [-0.15, -0.1) is 0 Å². The predicted molar refractivity (Wildman–Crippen MR) is 230 cm³/mol. The summed E-state index contributed by atoms with van der Waals surface area (Å²) in [5.74, 6) is 0. The number of fused-ring (bicyclic) bond motifs is 11. The molecule has 0 radical (unpaired) electrons. The van der Waals surface area contributed by atoms with Crippen LogP contribution in [0.25, 0.3) is 54.9 Å². The molecule has 0 fully saturated rings. The third kappa shape index (κ3) is 3.87. The Morgan fingerprint density at radius 2 is 0.855 bits per heavy atom. The summed E-state index contributed by atoms with van der Waals surface area (Å²) >= 11 is 0. The van der Waals surface area contributed by atoms with E-state index < -0.39 is 5.41 Å². The van der Waals surface area contributed by atoms with Gasteiger partial charge in [0.1, 0.15) is 0 Å². The molecule has 12 rings (SSSR count). The van der Waals surface area contributed by atoms with Crippen LogP contribution >= 0.6 is 0 Å². The van der Waals surface area contributed by atoms with Crippen LogP contribution in [0, 0.1) is 0 Å². The van der Waals surface area contributed by atoms with Crippen molar-refractivity contribution in [1.82, 2.24) is 0 Å². The van der Waals surface area contributed by atoms with Gasteiger partial charge in [-0.25, -0.2) is 0 Å². The van der Waals surface area contributed by atoms with E-state index in [2.05, 4.69) is 207 Å². The molecule has 0 saturated heterocycles. The van der Waals surface area contributed by atoms with Crippen LogP contribution in [-0.2, 0) is 10.8 Å². The molecule has 0 aliphatic heterocycles. The standard InChI is InChI=1S/C54H37N/c1-53(2)44-24-9-6-19-37(44)40-30-29-36(33-49(40)53)55(35-17-4-3-5-18-35)50-32-31-42-39-21-8-11-26-46(39)54(48-28-14-23-43(50)52(42)48)45-25-10-7-20-38(45)41-22-12-15-34-16-13-27-47(54)51(34)41/h3-33H,1-2H3. The zero-order valence-electron chi connectivity index (χ0n) is 30.8. The summed E-state index contributed by atoms with van der Waals surface area (Å²) in [5, 5.41) is 5.20. The van der Waals surface area contributed by atoms with Gasteiger partial charge in [0.15, 0.2) is 0 Å². The molecule has 258 valence electrons. The van der Waals surface area contributed by atoms with Crippen LogP contribution in [0.1, 0.15) is 47.2 Å². The van der Waals surface area contributed by atoms with E-state index in [4.69, 9.17) is 0 Å². The minimum atomic E-state index is -0.507. The molecule has 9 aromatic carbocycles. The van der Waals surface area contributed by atoms with Gasteiger partial charge in [-0.1, -0.05) is 172 Å². The topological polar surface area (TPSA) is 3.24 Å². The third-order valence-corrected chi connectivity index (χ3v) is 13.1. The fourth-order valence-electron chi connectivity index (χ4n) is 10.8. The summed E-state index contributed by atoms with van der Waals surface area (Å²) < 4.78 is 0. The van der Waals surface area contributed by atoms with E-state index in [-0.39, 0.29) is 5.41 Å². The molecule has 3 aliphatic rings. The largest absolute Gasteiger partial charge is 0.310 e. The van der Waals surface area contributed by atoms with Gasteiger partial charge in [0.2, 0.25) is 0 Å². The lowest BCUT2D eigenvalue weighted by Crippen LogP contribution is -2.36. The Kier molecular flexibility index (Phi) is 6.11. The first-order chi connectivity index (χ1) is 27.1. The lowest BCUT2D eigenvalue weighted by Gasteiger charge is -2.46. The first kappa shape index (κ1) is 30.7.